The smallest absolute Gasteiger partial charge is 0.408 e. The molecular weight excluding hydrogens is 380 g/mol. The summed E-state index contributed by atoms with van der Waals surface area (Å²) in [6.45, 7) is 0.224. The number of ether oxygens (including phenoxy) is 2. The van der Waals surface area contributed by atoms with E-state index >= 15 is 0 Å². The van der Waals surface area contributed by atoms with Crippen LogP contribution in [0.2, 0.25) is 0 Å². The Morgan fingerprint density at radius 2 is 1.57 bits per heavy atom. The van der Waals surface area contributed by atoms with Crippen LogP contribution in [0.15, 0.2) is 48.5 Å². The number of methoxy groups -OCH3 is 1. The molecule has 2 saturated heterocycles. The van der Waals surface area contributed by atoms with Crippen LogP contribution in [-0.4, -0.2) is 43.4 Å². The highest BCUT2D eigenvalue weighted by Gasteiger charge is 2.50. The third-order valence-corrected chi connectivity index (χ3v) is 6.79. The van der Waals surface area contributed by atoms with Crippen molar-refractivity contribution in [2.75, 3.05) is 13.7 Å². The lowest BCUT2D eigenvalue weighted by molar-refractivity contribution is -0.150. The lowest BCUT2D eigenvalue weighted by Gasteiger charge is -2.39. The van der Waals surface area contributed by atoms with Crippen LogP contribution in [-0.2, 0) is 14.3 Å². The lowest BCUT2D eigenvalue weighted by Crippen LogP contribution is -2.62. The van der Waals surface area contributed by atoms with E-state index in [4.69, 9.17) is 9.47 Å². The molecule has 0 spiro atoms. The van der Waals surface area contributed by atoms with Gasteiger partial charge < -0.3 is 20.1 Å². The van der Waals surface area contributed by atoms with Crippen molar-refractivity contribution in [3.05, 3.63) is 59.7 Å². The maximum Gasteiger partial charge on any atom is 0.408 e. The molecule has 2 aromatic carbocycles. The second-order valence-corrected chi connectivity index (χ2v) is 8.57. The van der Waals surface area contributed by atoms with Crippen molar-refractivity contribution in [3.63, 3.8) is 0 Å². The number of alkyl carbamates (subject to hydrolysis) is 1. The molecule has 2 N–H and O–H groups in total. The molecular formula is C24H26N2O4. The van der Waals surface area contributed by atoms with Gasteiger partial charge in [-0.2, -0.15) is 0 Å². The zero-order valence-corrected chi connectivity index (χ0v) is 17.0. The second kappa shape index (κ2) is 7.43. The number of rotatable bonds is 4. The number of hydrogen-bond acceptors (Lipinski definition) is 5. The summed E-state index contributed by atoms with van der Waals surface area (Å²) in [6, 6.07) is 16.9. The highest BCUT2D eigenvalue weighted by Crippen LogP contribution is 2.44. The molecule has 2 bridgehead atoms. The van der Waals surface area contributed by atoms with Crippen LogP contribution in [0.1, 0.15) is 42.7 Å². The molecule has 2 atom stereocenters. The standard InChI is InChI=1S/C24H26N2O4/c1-29-22(27)24(12-15-10-11-16(13-24)25-15)26-23(28)30-14-21-19-8-4-2-6-17(19)18-7-3-5-9-20(18)21/h2-9,15-16,21,25H,10-14H2,1H3,(H,26,28). The third kappa shape index (κ3) is 3.16. The van der Waals surface area contributed by atoms with Crippen molar-refractivity contribution in [2.24, 2.45) is 0 Å². The molecule has 2 heterocycles. The first kappa shape index (κ1) is 19.1. The van der Waals surface area contributed by atoms with Gasteiger partial charge in [-0.15, -0.1) is 0 Å². The van der Waals surface area contributed by atoms with Crippen LogP contribution < -0.4 is 10.6 Å². The van der Waals surface area contributed by atoms with Gasteiger partial charge in [-0.1, -0.05) is 48.5 Å². The molecule has 2 aromatic rings. The molecule has 0 radical (unpaired) electrons. The van der Waals surface area contributed by atoms with E-state index in [9.17, 15) is 9.59 Å². The van der Waals surface area contributed by atoms with Gasteiger partial charge in [-0.3, -0.25) is 0 Å². The Bertz CT molecular complexity index is 931. The van der Waals surface area contributed by atoms with E-state index in [0.29, 0.717) is 12.8 Å². The van der Waals surface area contributed by atoms with Crippen LogP contribution >= 0.6 is 0 Å². The zero-order valence-electron chi connectivity index (χ0n) is 17.0. The topological polar surface area (TPSA) is 76.7 Å². The number of esters is 1. The van der Waals surface area contributed by atoms with E-state index in [1.165, 1.54) is 18.2 Å². The van der Waals surface area contributed by atoms with Gasteiger partial charge in [0.1, 0.15) is 12.1 Å². The fraction of sp³-hybridized carbons (Fsp3) is 0.417. The average molecular weight is 406 g/mol. The van der Waals surface area contributed by atoms with Gasteiger partial charge in [0.25, 0.3) is 0 Å². The molecule has 1 aliphatic carbocycles. The second-order valence-electron chi connectivity index (χ2n) is 8.57. The van der Waals surface area contributed by atoms with E-state index in [2.05, 4.69) is 34.9 Å². The summed E-state index contributed by atoms with van der Waals surface area (Å²) in [5.41, 5.74) is 3.67. The fourth-order valence-corrected chi connectivity index (χ4v) is 5.49. The molecule has 1 amide bonds. The van der Waals surface area contributed by atoms with E-state index in [1.54, 1.807) is 0 Å². The van der Waals surface area contributed by atoms with Crippen LogP contribution in [0.3, 0.4) is 0 Å². The summed E-state index contributed by atoms with van der Waals surface area (Å²) in [5, 5.41) is 6.38. The number of piperidine rings is 1. The van der Waals surface area contributed by atoms with Crippen LogP contribution in [0, 0.1) is 0 Å². The Hall–Kier alpha value is -2.86. The number of carbonyl (C=O) groups excluding carboxylic acids is 2. The first-order valence-electron chi connectivity index (χ1n) is 10.6. The number of benzene rings is 2. The number of carbonyl (C=O) groups is 2. The molecule has 6 nitrogen and oxygen atoms in total. The predicted octanol–water partition coefficient (Wildman–Crippen LogP) is 3.35. The average Bonchev–Trinajstić information content (AvgIpc) is 3.28. The summed E-state index contributed by atoms with van der Waals surface area (Å²) in [7, 11) is 1.37. The van der Waals surface area contributed by atoms with Crippen molar-refractivity contribution in [1.82, 2.24) is 10.6 Å². The molecule has 156 valence electrons. The van der Waals surface area contributed by atoms with E-state index < -0.39 is 17.6 Å². The molecule has 0 aromatic heterocycles. The Kier molecular flexibility index (Phi) is 4.74. The minimum absolute atomic E-state index is 0.0126. The summed E-state index contributed by atoms with van der Waals surface area (Å²) in [4.78, 5) is 25.4. The van der Waals surface area contributed by atoms with E-state index in [-0.39, 0.29) is 24.6 Å². The van der Waals surface area contributed by atoms with E-state index in [0.717, 1.165) is 24.0 Å². The van der Waals surface area contributed by atoms with Gasteiger partial charge in [0.2, 0.25) is 0 Å². The normalized spacial score (nSPS) is 26.6. The van der Waals surface area contributed by atoms with Crippen molar-refractivity contribution >= 4 is 12.1 Å². The number of hydrogen-bond donors (Lipinski definition) is 2. The first-order valence-corrected chi connectivity index (χ1v) is 10.6. The maximum absolute atomic E-state index is 12.8. The van der Waals surface area contributed by atoms with Gasteiger partial charge in [-0.25, -0.2) is 9.59 Å². The Balaban J connectivity index is 1.32. The maximum atomic E-state index is 12.8. The minimum Gasteiger partial charge on any atom is -0.467 e. The minimum atomic E-state index is -1.02. The molecule has 6 heteroatoms. The molecule has 2 aliphatic heterocycles. The van der Waals surface area contributed by atoms with Gasteiger partial charge in [0.05, 0.1) is 7.11 Å². The van der Waals surface area contributed by atoms with Crippen LogP contribution in [0.5, 0.6) is 0 Å². The molecule has 2 unspecified atom stereocenters. The molecule has 2 fully saturated rings. The monoisotopic (exact) mass is 406 g/mol. The molecule has 3 aliphatic rings. The first-order chi connectivity index (χ1) is 14.6. The Labute approximate surface area is 176 Å². The molecule has 5 rings (SSSR count). The van der Waals surface area contributed by atoms with Crippen molar-refractivity contribution in [2.45, 2.75) is 49.2 Å². The molecule has 30 heavy (non-hydrogen) atoms. The molecule has 0 saturated carbocycles. The summed E-state index contributed by atoms with van der Waals surface area (Å²) >= 11 is 0. The summed E-state index contributed by atoms with van der Waals surface area (Å²) < 4.78 is 10.7. The quantitative estimate of drug-likeness (QED) is 0.762. The third-order valence-electron chi connectivity index (χ3n) is 6.79. The van der Waals surface area contributed by atoms with Crippen molar-refractivity contribution in [3.8, 4) is 11.1 Å². The highest BCUT2D eigenvalue weighted by molar-refractivity contribution is 5.86. The number of nitrogens with one attached hydrogen (secondary N) is 2. The van der Waals surface area contributed by atoms with Gasteiger partial charge in [-0.05, 0) is 47.9 Å². The van der Waals surface area contributed by atoms with Gasteiger partial charge >= 0.3 is 12.1 Å². The predicted molar refractivity (Wildman–Crippen MR) is 112 cm³/mol. The van der Waals surface area contributed by atoms with Crippen LogP contribution in [0.4, 0.5) is 4.79 Å². The van der Waals surface area contributed by atoms with Crippen LogP contribution in [0.25, 0.3) is 11.1 Å². The Morgan fingerprint density at radius 1 is 1.00 bits per heavy atom. The number of amides is 1. The van der Waals surface area contributed by atoms with Gasteiger partial charge in [0.15, 0.2) is 0 Å². The van der Waals surface area contributed by atoms with E-state index in [1.807, 2.05) is 24.3 Å². The number of fused-ring (bicyclic) bond motifs is 5. The summed E-state index contributed by atoms with van der Waals surface area (Å²) in [6.07, 6.45) is 2.51. The summed E-state index contributed by atoms with van der Waals surface area (Å²) in [5.74, 6) is -0.407. The van der Waals surface area contributed by atoms with Crippen molar-refractivity contribution in [1.29, 1.82) is 0 Å². The largest absolute Gasteiger partial charge is 0.467 e. The fourth-order valence-electron chi connectivity index (χ4n) is 5.49. The SMILES string of the molecule is COC(=O)C1(NC(=O)OCC2c3ccccc3-c3ccccc32)CC2CCC(C1)N2. The van der Waals surface area contributed by atoms with Crippen molar-refractivity contribution < 1.29 is 19.1 Å². The van der Waals surface area contributed by atoms with Gasteiger partial charge in [0, 0.05) is 18.0 Å². The zero-order chi connectivity index (χ0) is 20.7. The Morgan fingerprint density at radius 3 is 2.13 bits per heavy atom. The highest BCUT2D eigenvalue weighted by atomic mass is 16.6. The lowest BCUT2D eigenvalue weighted by atomic mass is 9.84.